The Kier molecular flexibility index (Phi) is 7.34. The van der Waals surface area contributed by atoms with Crippen LogP contribution in [0.15, 0.2) is 10.5 Å². The van der Waals surface area contributed by atoms with Gasteiger partial charge in [0.15, 0.2) is 21.1 Å². The Morgan fingerprint density at radius 3 is 2.68 bits per heavy atom. The summed E-state index contributed by atoms with van der Waals surface area (Å²) in [5.74, 6) is -1.82. The van der Waals surface area contributed by atoms with Gasteiger partial charge in [-0.05, 0) is 13.8 Å². The number of amides is 2. The van der Waals surface area contributed by atoms with Crippen LogP contribution in [0.3, 0.4) is 0 Å². The first-order valence-corrected chi connectivity index (χ1v) is 8.87. The number of β-lactam (4-membered cyclic amide) rings is 1. The molecule has 1 saturated heterocycles. The summed E-state index contributed by atoms with van der Waals surface area (Å²) in [6, 6.07) is -1.14. The van der Waals surface area contributed by atoms with Crippen molar-refractivity contribution < 1.29 is 57.0 Å². The van der Waals surface area contributed by atoms with Crippen LogP contribution in [0.5, 0.6) is 0 Å². The molecule has 1 unspecified atom stereocenters. The number of nitrogens with zero attached hydrogens (tertiary/aromatic N) is 3. The maximum absolute atomic E-state index is 12.3. The second kappa shape index (κ2) is 8.42. The van der Waals surface area contributed by atoms with E-state index in [0.29, 0.717) is 0 Å². The first-order valence-electron chi connectivity index (χ1n) is 6.63. The maximum Gasteiger partial charge on any atom is 1.00 e. The number of hydrogen-bond donors (Lipinski definition) is 2. The van der Waals surface area contributed by atoms with Gasteiger partial charge in [0.1, 0.15) is 17.8 Å². The minimum absolute atomic E-state index is 0. The quantitative estimate of drug-likeness (QED) is 0.159. The van der Waals surface area contributed by atoms with Gasteiger partial charge in [-0.15, -0.1) is 11.3 Å². The summed E-state index contributed by atoms with van der Waals surface area (Å²) in [6.07, 6.45) is -0.310. The third-order valence-electron chi connectivity index (χ3n) is 2.80. The summed E-state index contributed by atoms with van der Waals surface area (Å²) >= 11 is 1.08. The van der Waals surface area contributed by atoms with Crippen LogP contribution in [0.25, 0.3) is 0 Å². The van der Waals surface area contributed by atoms with Crippen molar-refractivity contribution in [3.63, 3.8) is 0 Å². The monoisotopic (exact) mass is 399 g/mol. The predicted octanol–water partition coefficient (Wildman–Crippen LogP) is -4.35. The summed E-state index contributed by atoms with van der Waals surface area (Å²) in [6.45, 7) is 2.95. The van der Waals surface area contributed by atoms with Crippen molar-refractivity contribution in [3.8, 4) is 0 Å². The van der Waals surface area contributed by atoms with E-state index < -0.39 is 34.7 Å². The Balaban J connectivity index is 0.00000312. The summed E-state index contributed by atoms with van der Waals surface area (Å²) in [7, 11) is -4.87. The summed E-state index contributed by atoms with van der Waals surface area (Å²) in [4.78, 5) is 32.8. The molecule has 0 aliphatic carbocycles. The van der Waals surface area contributed by atoms with E-state index in [4.69, 9.17) is 10.6 Å². The number of oxime groups is 1. The molecule has 1 aliphatic rings. The van der Waals surface area contributed by atoms with E-state index in [2.05, 4.69) is 15.5 Å². The molecule has 2 amide bonds. The summed E-state index contributed by atoms with van der Waals surface area (Å²) in [5, 5.41) is 7.67. The van der Waals surface area contributed by atoms with Gasteiger partial charge >= 0.3 is 29.6 Å². The van der Waals surface area contributed by atoms with Gasteiger partial charge in [0.2, 0.25) is 0 Å². The zero-order chi connectivity index (χ0) is 18.1. The Bertz CT molecular complexity index is 793. The molecule has 0 radical (unpaired) electrons. The number of nitrogen functional groups attached to an aromatic ring is 1. The minimum Gasteiger partial charge on any atom is -0.731 e. The maximum atomic E-state index is 12.3. The smallest absolute Gasteiger partial charge is 0.731 e. The van der Waals surface area contributed by atoms with Crippen LogP contribution in [0.4, 0.5) is 5.13 Å². The van der Waals surface area contributed by atoms with E-state index in [0.717, 1.165) is 11.3 Å². The fourth-order valence-electron chi connectivity index (χ4n) is 1.69. The molecular formula is C11H14N5NaO6S2. The van der Waals surface area contributed by atoms with Crippen LogP contribution in [0.2, 0.25) is 0 Å². The fourth-order valence-corrected chi connectivity index (χ4v) is 2.92. The predicted molar refractivity (Wildman–Crippen MR) is 82.6 cm³/mol. The molecule has 132 valence electrons. The molecule has 1 fully saturated rings. The zero-order valence-electron chi connectivity index (χ0n) is 13.6. The average Bonchev–Trinajstić information content (AvgIpc) is 2.87. The van der Waals surface area contributed by atoms with Gasteiger partial charge in [-0.1, -0.05) is 5.16 Å². The summed E-state index contributed by atoms with van der Waals surface area (Å²) < 4.78 is 32.4. The number of carbonyl (C=O) groups excluding carboxylic acids is 2. The third-order valence-corrected chi connectivity index (χ3v) is 4.34. The molecule has 11 nitrogen and oxygen atoms in total. The zero-order valence-corrected chi connectivity index (χ0v) is 17.3. The number of carbonyl (C=O) groups is 2. The van der Waals surface area contributed by atoms with E-state index >= 15 is 0 Å². The van der Waals surface area contributed by atoms with Gasteiger partial charge in [0, 0.05) is 5.38 Å². The summed E-state index contributed by atoms with van der Waals surface area (Å²) in [5.41, 5.74) is 5.45. The van der Waals surface area contributed by atoms with Crippen molar-refractivity contribution in [1.82, 2.24) is 14.6 Å². The van der Waals surface area contributed by atoms with E-state index in [1.165, 1.54) is 5.38 Å². The van der Waals surface area contributed by atoms with Gasteiger partial charge in [0.25, 0.3) is 11.8 Å². The van der Waals surface area contributed by atoms with Crippen molar-refractivity contribution in [1.29, 1.82) is 0 Å². The Morgan fingerprint density at radius 1 is 1.60 bits per heavy atom. The molecule has 0 bridgehead atoms. The topological polar surface area (TPSA) is 167 Å². The van der Waals surface area contributed by atoms with Crippen molar-refractivity contribution in [2.24, 2.45) is 5.16 Å². The van der Waals surface area contributed by atoms with Crippen LogP contribution in [-0.4, -0.2) is 58.5 Å². The molecule has 0 aromatic carbocycles. The molecule has 25 heavy (non-hydrogen) atoms. The van der Waals surface area contributed by atoms with Crippen molar-refractivity contribution in [3.05, 3.63) is 11.1 Å². The van der Waals surface area contributed by atoms with Gasteiger partial charge in [0.05, 0.1) is 6.54 Å². The number of aromatic nitrogens is 1. The van der Waals surface area contributed by atoms with Crippen molar-refractivity contribution in [2.45, 2.75) is 26.0 Å². The Labute approximate surface area is 169 Å². The molecule has 0 spiro atoms. The Morgan fingerprint density at radius 2 is 2.24 bits per heavy atom. The van der Waals surface area contributed by atoms with Gasteiger partial charge in [-0.3, -0.25) is 9.59 Å². The Hall–Kier alpha value is -1.25. The number of nitrogens with two attached hydrogens (primary N) is 1. The molecule has 1 atom stereocenters. The second-order valence-electron chi connectivity index (χ2n) is 5.02. The van der Waals surface area contributed by atoms with Crippen LogP contribution in [0, 0.1) is 0 Å². The SMILES string of the molecule is CC(C)O/N=C(/C(=O)NC1CN(S(=O)(=O)[O-])C1=O)c1csc(N)n1.[Na+]. The molecule has 0 saturated carbocycles. The number of nitrogens with one attached hydrogen (secondary N) is 1. The van der Waals surface area contributed by atoms with Gasteiger partial charge in [-0.2, -0.15) is 0 Å². The normalized spacial score (nSPS) is 17.8. The first kappa shape index (κ1) is 21.8. The number of thiazole rings is 1. The first-order chi connectivity index (χ1) is 11.1. The van der Waals surface area contributed by atoms with Crippen molar-refractivity contribution >= 4 is 44.3 Å². The molecule has 2 heterocycles. The third kappa shape index (κ3) is 5.36. The molecular weight excluding hydrogens is 385 g/mol. The standard InChI is InChI=1S/C11H15N5O6S2.Na/c1-5(2)22-15-8(7-4-23-11(12)14-7)9(17)13-6-3-16(10(6)18)24(19,20)21;/h4-6H,3H2,1-2H3,(H2,12,14)(H,13,17)(H,19,20,21);/q;+1/p-1/b15-8+;. The largest absolute Gasteiger partial charge is 1.00 e. The van der Waals surface area contributed by atoms with Gasteiger partial charge < -0.3 is 20.4 Å². The van der Waals surface area contributed by atoms with Crippen LogP contribution >= 0.6 is 11.3 Å². The average molecular weight is 399 g/mol. The van der Waals surface area contributed by atoms with Crippen LogP contribution < -0.4 is 40.6 Å². The molecule has 2 rings (SSSR count). The van der Waals surface area contributed by atoms with E-state index in [9.17, 15) is 22.6 Å². The number of anilines is 1. The van der Waals surface area contributed by atoms with Crippen LogP contribution in [-0.2, 0) is 24.7 Å². The van der Waals surface area contributed by atoms with Crippen LogP contribution in [0.1, 0.15) is 19.5 Å². The van der Waals surface area contributed by atoms with Crippen molar-refractivity contribution in [2.75, 3.05) is 12.3 Å². The molecule has 1 aromatic rings. The fraction of sp³-hybridized carbons (Fsp3) is 0.455. The second-order valence-corrected chi connectivity index (χ2v) is 7.20. The van der Waals surface area contributed by atoms with E-state index in [-0.39, 0.29) is 56.5 Å². The molecule has 3 N–H and O–H groups in total. The molecule has 14 heteroatoms. The molecule has 1 aliphatic heterocycles. The van der Waals surface area contributed by atoms with E-state index in [1.54, 1.807) is 13.8 Å². The number of hydrogen-bond acceptors (Lipinski definition) is 10. The molecule has 1 aromatic heterocycles. The number of rotatable bonds is 6. The van der Waals surface area contributed by atoms with E-state index in [1.807, 2.05) is 0 Å². The minimum atomic E-state index is -4.87. The van der Waals surface area contributed by atoms with Gasteiger partial charge in [-0.25, -0.2) is 17.7 Å².